The average Bonchev–Trinajstić information content (AvgIpc) is 2.39. The molecule has 86 valence electrons. The Balaban J connectivity index is 2.12. The molecule has 0 radical (unpaired) electrons. The molecule has 1 saturated heterocycles. The van der Waals surface area contributed by atoms with Crippen molar-refractivity contribution in [3.8, 4) is 0 Å². The van der Waals surface area contributed by atoms with Crippen molar-refractivity contribution in [3.63, 3.8) is 0 Å². The summed E-state index contributed by atoms with van der Waals surface area (Å²) in [5, 5.41) is 11.5. The van der Waals surface area contributed by atoms with E-state index in [-0.39, 0.29) is 5.84 Å². The van der Waals surface area contributed by atoms with Crippen molar-refractivity contribution in [2.45, 2.75) is 0 Å². The molecule has 0 bridgehead atoms. The molecule has 1 aliphatic rings. The molecule has 1 aromatic carbocycles. The van der Waals surface area contributed by atoms with Gasteiger partial charge >= 0.3 is 0 Å². The van der Waals surface area contributed by atoms with Gasteiger partial charge in [0.1, 0.15) is 0 Å². The van der Waals surface area contributed by atoms with E-state index in [9.17, 15) is 0 Å². The highest BCUT2D eigenvalue weighted by atomic mass is 16.5. The fourth-order valence-corrected chi connectivity index (χ4v) is 1.72. The molecule has 0 atom stereocenters. The predicted octanol–water partition coefficient (Wildman–Crippen LogP) is 0.618. The predicted molar refractivity (Wildman–Crippen MR) is 62.0 cm³/mol. The van der Waals surface area contributed by atoms with Gasteiger partial charge in [-0.1, -0.05) is 5.16 Å². The first-order valence-electron chi connectivity index (χ1n) is 5.22. The number of benzene rings is 1. The van der Waals surface area contributed by atoms with Gasteiger partial charge in [-0.15, -0.1) is 0 Å². The molecular formula is C11H15N3O2. The van der Waals surface area contributed by atoms with Crippen LogP contribution in [-0.4, -0.2) is 37.3 Å². The number of anilines is 1. The van der Waals surface area contributed by atoms with Crippen LogP contribution in [0.1, 0.15) is 5.56 Å². The summed E-state index contributed by atoms with van der Waals surface area (Å²) in [5.74, 6) is 0.133. The quantitative estimate of drug-likeness (QED) is 0.332. The smallest absolute Gasteiger partial charge is 0.170 e. The Hall–Kier alpha value is -1.75. The molecule has 0 spiro atoms. The Morgan fingerprint density at radius 2 is 1.88 bits per heavy atom. The Bertz CT molecular complexity index is 369. The van der Waals surface area contributed by atoms with Crippen LogP contribution in [0.3, 0.4) is 0 Å². The Kier molecular flexibility index (Phi) is 3.26. The zero-order valence-corrected chi connectivity index (χ0v) is 8.97. The fourth-order valence-electron chi connectivity index (χ4n) is 1.72. The van der Waals surface area contributed by atoms with E-state index in [4.69, 9.17) is 15.7 Å². The van der Waals surface area contributed by atoms with E-state index in [2.05, 4.69) is 10.1 Å². The van der Waals surface area contributed by atoms with Crippen molar-refractivity contribution in [3.05, 3.63) is 29.8 Å². The highest BCUT2D eigenvalue weighted by Crippen LogP contribution is 2.16. The van der Waals surface area contributed by atoms with Crippen LogP contribution in [0.25, 0.3) is 0 Å². The molecule has 5 heteroatoms. The largest absolute Gasteiger partial charge is 0.409 e. The van der Waals surface area contributed by atoms with Crippen molar-refractivity contribution in [1.29, 1.82) is 0 Å². The lowest BCUT2D eigenvalue weighted by molar-refractivity contribution is 0.122. The van der Waals surface area contributed by atoms with Crippen LogP contribution >= 0.6 is 0 Å². The van der Waals surface area contributed by atoms with Gasteiger partial charge in [0, 0.05) is 24.3 Å². The zero-order chi connectivity index (χ0) is 11.4. The molecule has 5 nitrogen and oxygen atoms in total. The SMILES string of the molecule is N/C(=N\O)c1ccc(N2CCOCC2)cc1. The van der Waals surface area contributed by atoms with Gasteiger partial charge in [0.05, 0.1) is 13.2 Å². The second kappa shape index (κ2) is 4.85. The second-order valence-corrected chi connectivity index (χ2v) is 3.63. The molecule has 1 heterocycles. The van der Waals surface area contributed by atoms with Gasteiger partial charge in [-0.25, -0.2) is 0 Å². The molecule has 0 aliphatic carbocycles. The first kappa shape index (κ1) is 10.8. The molecule has 0 amide bonds. The lowest BCUT2D eigenvalue weighted by Crippen LogP contribution is -2.36. The summed E-state index contributed by atoms with van der Waals surface area (Å²) in [5.41, 5.74) is 7.35. The van der Waals surface area contributed by atoms with Gasteiger partial charge in [0.15, 0.2) is 5.84 Å². The number of nitrogens with two attached hydrogens (primary N) is 1. The van der Waals surface area contributed by atoms with Crippen molar-refractivity contribution in [1.82, 2.24) is 0 Å². The standard InChI is InChI=1S/C11H15N3O2/c12-11(13-15)9-1-3-10(4-2-9)14-5-7-16-8-6-14/h1-4,15H,5-8H2,(H2,12,13). The maximum Gasteiger partial charge on any atom is 0.170 e. The molecule has 3 N–H and O–H groups in total. The number of oxime groups is 1. The molecule has 0 unspecified atom stereocenters. The number of rotatable bonds is 2. The normalized spacial score (nSPS) is 17.5. The maximum atomic E-state index is 8.54. The minimum Gasteiger partial charge on any atom is -0.409 e. The van der Waals surface area contributed by atoms with Crippen molar-refractivity contribution in [2.24, 2.45) is 10.9 Å². The fraction of sp³-hybridized carbons (Fsp3) is 0.364. The van der Waals surface area contributed by atoms with Gasteiger partial charge in [0.25, 0.3) is 0 Å². The third kappa shape index (κ3) is 2.25. The summed E-state index contributed by atoms with van der Waals surface area (Å²) in [6.07, 6.45) is 0. The van der Waals surface area contributed by atoms with Crippen LogP contribution in [0, 0.1) is 0 Å². The number of nitrogens with zero attached hydrogens (tertiary/aromatic N) is 2. The number of hydrogen-bond acceptors (Lipinski definition) is 4. The zero-order valence-electron chi connectivity index (χ0n) is 8.97. The molecule has 2 rings (SSSR count). The Morgan fingerprint density at radius 1 is 1.25 bits per heavy atom. The minimum atomic E-state index is 0.133. The van der Waals surface area contributed by atoms with E-state index in [1.807, 2.05) is 24.3 Å². The number of morpholine rings is 1. The number of hydrogen-bond donors (Lipinski definition) is 2. The third-order valence-corrected chi connectivity index (χ3v) is 2.65. The monoisotopic (exact) mass is 221 g/mol. The summed E-state index contributed by atoms with van der Waals surface area (Å²) in [7, 11) is 0. The van der Waals surface area contributed by atoms with Gasteiger partial charge in [-0.05, 0) is 24.3 Å². The minimum absolute atomic E-state index is 0.133. The van der Waals surface area contributed by atoms with Crippen LogP contribution in [0.4, 0.5) is 5.69 Å². The third-order valence-electron chi connectivity index (χ3n) is 2.65. The summed E-state index contributed by atoms with van der Waals surface area (Å²) < 4.78 is 5.29. The van der Waals surface area contributed by atoms with Gasteiger partial charge in [0.2, 0.25) is 0 Å². The maximum absolute atomic E-state index is 8.54. The topological polar surface area (TPSA) is 71.1 Å². The van der Waals surface area contributed by atoms with Crippen LogP contribution in [0.5, 0.6) is 0 Å². The van der Waals surface area contributed by atoms with Crippen LogP contribution in [0.2, 0.25) is 0 Å². The number of ether oxygens (including phenoxy) is 1. The second-order valence-electron chi connectivity index (χ2n) is 3.63. The molecule has 1 fully saturated rings. The van der Waals surface area contributed by atoms with E-state index in [1.165, 1.54) is 0 Å². The van der Waals surface area contributed by atoms with E-state index in [0.29, 0.717) is 0 Å². The van der Waals surface area contributed by atoms with Gasteiger partial charge < -0.3 is 20.6 Å². The van der Waals surface area contributed by atoms with Crippen LogP contribution in [0.15, 0.2) is 29.4 Å². The lowest BCUT2D eigenvalue weighted by Gasteiger charge is -2.28. The summed E-state index contributed by atoms with van der Waals surface area (Å²) in [6, 6.07) is 7.64. The Labute approximate surface area is 94.1 Å². The summed E-state index contributed by atoms with van der Waals surface area (Å²) in [6.45, 7) is 3.34. The first-order chi connectivity index (χ1) is 7.81. The molecule has 16 heavy (non-hydrogen) atoms. The van der Waals surface area contributed by atoms with Gasteiger partial charge in [-0.3, -0.25) is 0 Å². The first-order valence-corrected chi connectivity index (χ1v) is 5.22. The van der Waals surface area contributed by atoms with Gasteiger partial charge in [-0.2, -0.15) is 0 Å². The van der Waals surface area contributed by atoms with Crippen molar-refractivity contribution in [2.75, 3.05) is 31.2 Å². The molecule has 1 aliphatic heterocycles. The number of amidine groups is 1. The lowest BCUT2D eigenvalue weighted by atomic mass is 10.2. The van der Waals surface area contributed by atoms with E-state index in [1.54, 1.807) is 0 Å². The van der Waals surface area contributed by atoms with Crippen LogP contribution < -0.4 is 10.6 Å². The van der Waals surface area contributed by atoms with Crippen molar-refractivity contribution >= 4 is 11.5 Å². The summed E-state index contributed by atoms with van der Waals surface area (Å²) in [4.78, 5) is 2.25. The van der Waals surface area contributed by atoms with E-state index in [0.717, 1.165) is 37.6 Å². The average molecular weight is 221 g/mol. The van der Waals surface area contributed by atoms with Crippen LogP contribution in [-0.2, 0) is 4.74 Å². The van der Waals surface area contributed by atoms with E-state index >= 15 is 0 Å². The van der Waals surface area contributed by atoms with E-state index < -0.39 is 0 Å². The highest BCUT2D eigenvalue weighted by Gasteiger charge is 2.10. The molecular weight excluding hydrogens is 206 g/mol. The molecule has 0 aromatic heterocycles. The highest BCUT2D eigenvalue weighted by molar-refractivity contribution is 5.97. The summed E-state index contributed by atoms with van der Waals surface area (Å²) >= 11 is 0. The molecule has 1 aromatic rings. The van der Waals surface area contributed by atoms with Crippen molar-refractivity contribution < 1.29 is 9.94 Å². The molecule has 0 saturated carbocycles. The Morgan fingerprint density at radius 3 is 2.44 bits per heavy atom.